The molecule has 25 heavy (non-hydrogen) atoms. The van der Waals surface area contributed by atoms with E-state index >= 15 is 0 Å². The minimum absolute atomic E-state index is 0.0366. The Bertz CT molecular complexity index is 735. The van der Waals surface area contributed by atoms with Crippen LogP contribution in [-0.4, -0.2) is 32.6 Å². The lowest BCUT2D eigenvalue weighted by Crippen LogP contribution is -2.24. The van der Waals surface area contributed by atoms with Crippen LogP contribution in [0.25, 0.3) is 0 Å². The van der Waals surface area contributed by atoms with E-state index in [1.807, 2.05) is 0 Å². The van der Waals surface area contributed by atoms with Crippen molar-refractivity contribution in [2.24, 2.45) is 0 Å². The van der Waals surface area contributed by atoms with Crippen LogP contribution >= 0.6 is 0 Å². The average molecular weight is 355 g/mol. The van der Waals surface area contributed by atoms with E-state index in [1.54, 1.807) is 0 Å². The Morgan fingerprint density at radius 1 is 1.16 bits per heavy atom. The van der Waals surface area contributed by atoms with Gasteiger partial charge in [-0.15, -0.1) is 0 Å². The van der Waals surface area contributed by atoms with Gasteiger partial charge in [-0.05, 0) is 49.3 Å². The van der Waals surface area contributed by atoms with Crippen molar-refractivity contribution in [2.75, 3.05) is 0 Å². The van der Waals surface area contributed by atoms with Crippen molar-refractivity contribution in [1.82, 2.24) is 15.4 Å². The molecular weight excluding hydrogens is 339 g/mol. The van der Waals surface area contributed by atoms with E-state index in [1.165, 1.54) is 12.1 Å². The lowest BCUT2D eigenvalue weighted by molar-refractivity contribution is -0.137. The number of rotatable bonds is 4. The lowest BCUT2D eigenvalue weighted by atomic mass is 9.82. The number of ether oxygens (including phenoxy) is 1. The third-order valence-corrected chi connectivity index (χ3v) is 4.39. The van der Waals surface area contributed by atoms with Crippen LogP contribution in [-0.2, 0) is 6.18 Å². The fourth-order valence-corrected chi connectivity index (χ4v) is 3.06. The molecule has 0 amide bonds. The maximum Gasteiger partial charge on any atom is 0.416 e. The lowest BCUT2D eigenvalue weighted by Gasteiger charge is -2.28. The number of alkyl halides is 3. The number of nitrogens with one attached hydrogen (secondary N) is 1. The van der Waals surface area contributed by atoms with Crippen LogP contribution < -0.4 is 4.74 Å². The van der Waals surface area contributed by atoms with Crippen LogP contribution in [0.3, 0.4) is 0 Å². The minimum atomic E-state index is -4.33. The molecule has 1 aromatic carbocycles. The van der Waals surface area contributed by atoms with Crippen molar-refractivity contribution in [3.63, 3.8) is 0 Å². The summed E-state index contributed by atoms with van der Waals surface area (Å²) in [6.45, 7) is 0. The third-order valence-electron chi connectivity index (χ3n) is 4.39. The number of carboxylic acid groups (broad SMARTS) is 1. The molecule has 1 aliphatic carbocycles. The first-order chi connectivity index (χ1) is 11.8. The van der Waals surface area contributed by atoms with Crippen molar-refractivity contribution < 1.29 is 27.8 Å². The SMILES string of the molecule is O=C(O)c1[nH]nnc1O[C@H]1CC[C@@H](c2ccc(C(F)(F)F)cc2)CC1. The fraction of sp³-hybridized carbons (Fsp3) is 0.438. The van der Waals surface area contributed by atoms with Gasteiger partial charge in [-0.25, -0.2) is 9.89 Å². The molecule has 0 unspecified atom stereocenters. The van der Waals surface area contributed by atoms with Gasteiger partial charge in [-0.2, -0.15) is 13.2 Å². The number of aromatic carboxylic acids is 1. The highest BCUT2D eigenvalue weighted by Crippen LogP contribution is 2.36. The highest BCUT2D eigenvalue weighted by molar-refractivity contribution is 5.87. The molecule has 134 valence electrons. The van der Waals surface area contributed by atoms with Gasteiger partial charge in [0.15, 0.2) is 0 Å². The van der Waals surface area contributed by atoms with E-state index in [2.05, 4.69) is 15.4 Å². The summed E-state index contributed by atoms with van der Waals surface area (Å²) < 4.78 is 43.4. The fourth-order valence-electron chi connectivity index (χ4n) is 3.06. The molecule has 0 aliphatic heterocycles. The molecule has 0 radical (unpaired) electrons. The Hall–Kier alpha value is -2.58. The molecular formula is C16H16F3N3O3. The van der Waals surface area contributed by atoms with Gasteiger partial charge in [-0.3, -0.25) is 0 Å². The molecule has 9 heteroatoms. The Morgan fingerprint density at radius 2 is 1.80 bits per heavy atom. The molecule has 0 bridgehead atoms. The van der Waals surface area contributed by atoms with Crippen LogP contribution in [0, 0.1) is 0 Å². The van der Waals surface area contributed by atoms with Gasteiger partial charge in [0.2, 0.25) is 5.69 Å². The largest absolute Gasteiger partial charge is 0.476 e. The summed E-state index contributed by atoms with van der Waals surface area (Å²) in [5, 5.41) is 18.3. The number of hydrogen-bond donors (Lipinski definition) is 2. The molecule has 0 spiro atoms. The quantitative estimate of drug-likeness (QED) is 0.874. The number of H-pyrrole nitrogens is 1. The number of aromatic nitrogens is 3. The molecule has 6 nitrogen and oxygen atoms in total. The van der Waals surface area contributed by atoms with E-state index in [0.29, 0.717) is 12.8 Å². The minimum Gasteiger partial charge on any atom is -0.476 e. The zero-order chi connectivity index (χ0) is 18.0. The van der Waals surface area contributed by atoms with Crippen LogP contribution in [0.15, 0.2) is 24.3 Å². The predicted molar refractivity (Wildman–Crippen MR) is 80.4 cm³/mol. The van der Waals surface area contributed by atoms with E-state index < -0.39 is 17.7 Å². The third kappa shape index (κ3) is 3.92. The van der Waals surface area contributed by atoms with Gasteiger partial charge >= 0.3 is 12.1 Å². The summed E-state index contributed by atoms with van der Waals surface area (Å²) in [5.41, 5.74) is 0.0319. The van der Waals surface area contributed by atoms with Crippen molar-refractivity contribution in [1.29, 1.82) is 0 Å². The van der Waals surface area contributed by atoms with E-state index in [-0.39, 0.29) is 23.6 Å². The van der Waals surface area contributed by atoms with Crippen LogP contribution in [0.5, 0.6) is 5.88 Å². The van der Waals surface area contributed by atoms with Crippen molar-refractivity contribution in [3.05, 3.63) is 41.1 Å². The molecule has 1 fully saturated rings. The summed E-state index contributed by atoms with van der Waals surface area (Å²) >= 11 is 0. The number of benzene rings is 1. The summed E-state index contributed by atoms with van der Waals surface area (Å²) in [7, 11) is 0. The van der Waals surface area contributed by atoms with E-state index in [9.17, 15) is 18.0 Å². The van der Waals surface area contributed by atoms with Gasteiger partial charge < -0.3 is 9.84 Å². The Morgan fingerprint density at radius 3 is 2.36 bits per heavy atom. The first-order valence-corrected chi connectivity index (χ1v) is 7.82. The summed E-state index contributed by atoms with van der Waals surface area (Å²) in [6.07, 6.45) is -1.69. The molecule has 1 heterocycles. The smallest absolute Gasteiger partial charge is 0.416 e. The average Bonchev–Trinajstić information content (AvgIpc) is 3.03. The summed E-state index contributed by atoms with van der Waals surface area (Å²) in [4.78, 5) is 11.0. The number of carboxylic acids is 1. The second-order valence-corrected chi connectivity index (χ2v) is 6.01. The van der Waals surface area contributed by atoms with Crippen molar-refractivity contribution in [3.8, 4) is 5.88 Å². The van der Waals surface area contributed by atoms with Crippen LogP contribution in [0.4, 0.5) is 13.2 Å². The van der Waals surface area contributed by atoms with Gasteiger partial charge in [0.05, 0.1) is 5.56 Å². The molecule has 0 saturated heterocycles. The van der Waals surface area contributed by atoms with Gasteiger partial charge in [0, 0.05) is 0 Å². The monoisotopic (exact) mass is 355 g/mol. The first kappa shape index (κ1) is 17.2. The number of nitrogens with zero attached hydrogens (tertiary/aromatic N) is 2. The Kier molecular flexibility index (Phi) is 4.65. The molecule has 3 rings (SSSR count). The summed E-state index contributed by atoms with van der Waals surface area (Å²) in [6, 6.07) is 5.25. The normalized spacial score (nSPS) is 21.1. The van der Waals surface area contributed by atoms with Crippen molar-refractivity contribution >= 4 is 5.97 Å². The number of halogens is 3. The molecule has 1 aromatic heterocycles. The highest BCUT2D eigenvalue weighted by atomic mass is 19.4. The van der Waals surface area contributed by atoms with E-state index in [0.717, 1.165) is 30.5 Å². The standard InChI is InChI=1S/C16H16F3N3O3/c17-16(18,19)11-5-1-9(2-6-11)10-3-7-12(8-4-10)25-14-13(15(23)24)20-22-21-14/h1-2,5-6,10,12H,3-4,7-8H2,(H,23,24)(H,20,21,22)/t10-,12+. The zero-order valence-corrected chi connectivity index (χ0v) is 13.1. The van der Waals surface area contributed by atoms with Gasteiger partial charge in [0.1, 0.15) is 6.10 Å². The molecule has 2 aromatic rings. The number of carbonyl (C=O) groups is 1. The Balaban J connectivity index is 1.58. The second kappa shape index (κ2) is 6.73. The van der Waals surface area contributed by atoms with Gasteiger partial charge in [-0.1, -0.05) is 22.4 Å². The molecule has 1 saturated carbocycles. The number of hydrogen-bond acceptors (Lipinski definition) is 4. The van der Waals surface area contributed by atoms with E-state index in [4.69, 9.17) is 9.84 Å². The van der Waals surface area contributed by atoms with Gasteiger partial charge in [0.25, 0.3) is 5.88 Å². The van der Waals surface area contributed by atoms with Crippen LogP contribution in [0.1, 0.15) is 53.2 Å². The maximum absolute atomic E-state index is 12.6. The zero-order valence-electron chi connectivity index (χ0n) is 13.1. The highest BCUT2D eigenvalue weighted by Gasteiger charge is 2.31. The predicted octanol–water partition coefficient (Wildman–Crippen LogP) is 3.63. The number of aromatic amines is 1. The van der Waals surface area contributed by atoms with Crippen molar-refractivity contribution in [2.45, 2.75) is 43.9 Å². The molecule has 0 atom stereocenters. The Labute approximate surface area is 141 Å². The maximum atomic E-state index is 12.6. The van der Waals surface area contributed by atoms with Crippen LogP contribution in [0.2, 0.25) is 0 Å². The molecule has 1 aliphatic rings. The topological polar surface area (TPSA) is 88.1 Å². The molecule has 2 N–H and O–H groups in total. The summed E-state index contributed by atoms with van der Waals surface area (Å²) in [5.74, 6) is -1.07. The second-order valence-electron chi connectivity index (χ2n) is 6.01. The first-order valence-electron chi connectivity index (χ1n) is 7.82.